The summed E-state index contributed by atoms with van der Waals surface area (Å²) in [4.78, 5) is 14.6. The second-order valence-corrected chi connectivity index (χ2v) is 13.8. The van der Waals surface area contributed by atoms with Crippen LogP contribution in [0.4, 0.5) is 15.9 Å². The smallest absolute Gasteiger partial charge is 0.318 e. The lowest BCUT2D eigenvalue weighted by molar-refractivity contribution is -0.0873. The first-order valence-corrected chi connectivity index (χ1v) is 16.6. The Labute approximate surface area is 268 Å². The van der Waals surface area contributed by atoms with Crippen molar-refractivity contribution in [1.82, 2.24) is 24.6 Å². The number of nitriles is 1. The van der Waals surface area contributed by atoms with Crippen LogP contribution in [0.3, 0.4) is 0 Å². The molecule has 5 atom stereocenters. The van der Waals surface area contributed by atoms with E-state index in [1.54, 1.807) is 6.20 Å². The fourth-order valence-corrected chi connectivity index (χ4v) is 8.64. The highest BCUT2D eigenvalue weighted by molar-refractivity contribution is 5.64. The minimum Gasteiger partial charge on any atom is -0.461 e. The maximum atomic E-state index is 14.6. The van der Waals surface area contributed by atoms with Gasteiger partial charge in [-0.1, -0.05) is 13.0 Å². The van der Waals surface area contributed by atoms with Crippen molar-refractivity contribution in [2.24, 2.45) is 0 Å². The minimum absolute atomic E-state index is 0.00196. The average Bonchev–Trinajstić information content (AvgIpc) is 3.74. The summed E-state index contributed by atoms with van der Waals surface area (Å²) in [5.41, 5.74) is 10.1. The molecule has 46 heavy (non-hydrogen) atoms. The van der Waals surface area contributed by atoms with Gasteiger partial charge < -0.3 is 24.8 Å². The van der Waals surface area contributed by atoms with Gasteiger partial charge in [0.25, 0.3) is 0 Å². The molecule has 242 valence electrons. The molecule has 3 saturated heterocycles. The number of benzene rings is 1. The monoisotopic (exact) mass is 628 g/mol. The average molecular weight is 629 g/mol. The van der Waals surface area contributed by atoms with E-state index in [1.807, 2.05) is 23.0 Å². The molecule has 12 heteroatoms. The van der Waals surface area contributed by atoms with Crippen LogP contribution in [-0.4, -0.2) is 82.4 Å². The van der Waals surface area contributed by atoms with E-state index >= 15 is 0 Å². The van der Waals surface area contributed by atoms with Crippen LogP contribution in [0.1, 0.15) is 78.9 Å². The molecule has 5 aliphatic rings. The number of nitrogens with zero attached hydrogens (tertiary/aromatic N) is 7. The molecule has 2 aromatic heterocycles. The highest BCUT2D eigenvalue weighted by Crippen LogP contribution is 2.51. The first-order chi connectivity index (χ1) is 22.4. The van der Waals surface area contributed by atoms with Crippen molar-refractivity contribution >= 4 is 11.5 Å². The maximum Gasteiger partial charge on any atom is 0.318 e. The lowest BCUT2D eigenvalue weighted by Gasteiger charge is -2.45. The van der Waals surface area contributed by atoms with Crippen molar-refractivity contribution in [1.29, 1.82) is 5.26 Å². The zero-order valence-corrected chi connectivity index (χ0v) is 26.3. The topological polar surface area (TPSA) is 128 Å². The number of ether oxygens (including phenoxy) is 3. The molecule has 1 aromatic carbocycles. The zero-order valence-electron chi connectivity index (χ0n) is 26.3. The molecule has 0 bridgehead atoms. The van der Waals surface area contributed by atoms with Gasteiger partial charge in [-0.15, -0.1) is 0 Å². The van der Waals surface area contributed by atoms with E-state index in [-0.39, 0.29) is 17.5 Å². The quantitative estimate of drug-likeness (QED) is 0.414. The van der Waals surface area contributed by atoms with Crippen LogP contribution in [0.5, 0.6) is 6.01 Å². The van der Waals surface area contributed by atoms with Crippen molar-refractivity contribution in [3.05, 3.63) is 58.5 Å². The number of rotatable bonds is 5. The molecular weight excluding hydrogens is 587 g/mol. The number of nitrogens with two attached hydrogens (primary N) is 1. The maximum absolute atomic E-state index is 14.6. The minimum atomic E-state index is -0.840. The van der Waals surface area contributed by atoms with Crippen LogP contribution in [-0.2, 0) is 28.1 Å². The molecule has 4 aliphatic heterocycles. The third-order valence-electron chi connectivity index (χ3n) is 11.0. The van der Waals surface area contributed by atoms with Gasteiger partial charge in [-0.05, 0) is 55.8 Å². The van der Waals surface area contributed by atoms with Crippen LogP contribution in [0, 0.1) is 11.3 Å². The SMILES string of the molecule is C[C@H]1CC[C@]2(Cc3nc(OCC45CCCN4C[C@H](F)C5)nc(N4CCOC[C@@H](n5cccn5)C4)c3CO2)c2c1ccc(N)c2C#N. The molecule has 1 spiro atoms. The van der Waals surface area contributed by atoms with Crippen LogP contribution in [0.15, 0.2) is 30.6 Å². The third kappa shape index (κ3) is 4.91. The van der Waals surface area contributed by atoms with Crippen LogP contribution in [0.2, 0.25) is 0 Å². The number of alkyl halides is 1. The number of aromatic nitrogens is 4. The van der Waals surface area contributed by atoms with Crippen molar-refractivity contribution in [2.75, 3.05) is 56.6 Å². The number of hydrogen-bond acceptors (Lipinski definition) is 10. The van der Waals surface area contributed by atoms with E-state index in [9.17, 15) is 9.65 Å². The van der Waals surface area contributed by atoms with Gasteiger partial charge in [-0.2, -0.15) is 20.3 Å². The molecule has 8 rings (SSSR count). The van der Waals surface area contributed by atoms with Gasteiger partial charge in [0.1, 0.15) is 30.3 Å². The van der Waals surface area contributed by atoms with Gasteiger partial charge in [0.15, 0.2) is 0 Å². The molecular formula is C34H41FN8O3. The van der Waals surface area contributed by atoms with Crippen molar-refractivity contribution in [2.45, 2.75) is 81.3 Å². The van der Waals surface area contributed by atoms with E-state index in [0.717, 1.165) is 60.4 Å². The number of nitrogen functional groups attached to an aromatic ring is 1. The van der Waals surface area contributed by atoms with Gasteiger partial charge in [-0.25, -0.2) is 4.39 Å². The van der Waals surface area contributed by atoms with Gasteiger partial charge >= 0.3 is 6.01 Å². The number of anilines is 2. The first-order valence-electron chi connectivity index (χ1n) is 16.6. The van der Waals surface area contributed by atoms with Crippen molar-refractivity contribution in [3.8, 4) is 12.1 Å². The molecule has 1 unspecified atom stereocenters. The summed E-state index contributed by atoms with van der Waals surface area (Å²) in [5, 5.41) is 14.7. The lowest BCUT2D eigenvalue weighted by atomic mass is 9.69. The van der Waals surface area contributed by atoms with E-state index < -0.39 is 11.8 Å². The fraction of sp³-hybridized carbons (Fsp3) is 0.588. The van der Waals surface area contributed by atoms with Crippen LogP contribution >= 0.6 is 0 Å². The highest BCUT2D eigenvalue weighted by atomic mass is 19.1. The van der Waals surface area contributed by atoms with Crippen LogP contribution < -0.4 is 15.4 Å². The number of halogens is 1. The van der Waals surface area contributed by atoms with E-state index in [4.69, 9.17) is 29.9 Å². The Hall–Kier alpha value is -3.79. The van der Waals surface area contributed by atoms with E-state index in [0.29, 0.717) is 76.2 Å². The zero-order chi connectivity index (χ0) is 31.5. The fourth-order valence-electron chi connectivity index (χ4n) is 8.64. The summed E-state index contributed by atoms with van der Waals surface area (Å²) in [6.07, 6.45) is 7.48. The molecule has 3 aromatic rings. The molecule has 2 N–H and O–H groups in total. The summed E-state index contributed by atoms with van der Waals surface area (Å²) >= 11 is 0. The molecule has 0 radical (unpaired) electrons. The molecule has 1 aliphatic carbocycles. The largest absolute Gasteiger partial charge is 0.461 e. The Balaban J connectivity index is 1.19. The standard InChI is InChI=1S/C34H41FN8O3/c1-22-6-8-34(30-25(22)4-5-28(37)26(30)16-36)15-29-27(20-46-34)31(41-12-13-44-19-24(18-41)43-11-3-9-38-43)40-32(39-29)45-21-33-7-2-10-42(33)17-23(35)14-33/h3-5,9,11,22-24H,2,6-8,10,12-15,17-21,37H2,1H3/t22-,23+,24-,33?,34-/m0/s1. The number of hydrogen-bond donors (Lipinski definition) is 1. The van der Waals surface area contributed by atoms with Gasteiger partial charge in [0.2, 0.25) is 0 Å². The lowest BCUT2D eigenvalue weighted by Crippen LogP contribution is -2.44. The van der Waals surface area contributed by atoms with E-state index in [1.165, 1.54) is 0 Å². The number of fused-ring (bicyclic) bond motifs is 4. The van der Waals surface area contributed by atoms with Crippen molar-refractivity contribution < 1.29 is 18.6 Å². The van der Waals surface area contributed by atoms with Gasteiger partial charge in [-0.3, -0.25) is 9.58 Å². The Bertz CT molecular complexity index is 1660. The summed E-state index contributed by atoms with van der Waals surface area (Å²) in [7, 11) is 0. The summed E-state index contributed by atoms with van der Waals surface area (Å²) < 4.78 is 35.9. The third-order valence-corrected chi connectivity index (χ3v) is 11.0. The molecule has 0 amide bonds. The summed E-state index contributed by atoms with van der Waals surface area (Å²) in [6, 6.07) is 8.49. The second-order valence-electron chi connectivity index (χ2n) is 13.8. The van der Waals surface area contributed by atoms with Gasteiger partial charge in [0, 0.05) is 61.7 Å². The molecule has 6 heterocycles. The Kier molecular flexibility index (Phi) is 7.38. The Morgan fingerprint density at radius 3 is 2.98 bits per heavy atom. The highest BCUT2D eigenvalue weighted by Gasteiger charge is 2.50. The Morgan fingerprint density at radius 2 is 2.13 bits per heavy atom. The summed E-state index contributed by atoms with van der Waals surface area (Å²) in [5.74, 6) is 1.06. The second kappa shape index (κ2) is 11.5. The van der Waals surface area contributed by atoms with Crippen molar-refractivity contribution in [3.63, 3.8) is 0 Å². The van der Waals surface area contributed by atoms with Crippen LogP contribution in [0.25, 0.3) is 0 Å². The molecule has 3 fully saturated rings. The van der Waals surface area contributed by atoms with Gasteiger partial charge in [0.05, 0.1) is 42.7 Å². The summed E-state index contributed by atoms with van der Waals surface area (Å²) in [6.45, 7) is 6.57. The molecule has 11 nitrogen and oxygen atoms in total. The first kappa shape index (κ1) is 29.6. The van der Waals surface area contributed by atoms with E-state index in [2.05, 4.69) is 34.0 Å². The predicted octanol–water partition coefficient (Wildman–Crippen LogP) is 4.03. The Morgan fingerprint density at radius 1 is 1.22 bits per heavy atom. The normalized spacial score (nSPS) is 30.8. The molecule has 0 saturated carbocycles. The predicted molar refractivity (Wildman–Crippen MR) is 168 cm³/mol.